The van der Waals surface area contributed by atoms with Crippen molar-refractivity contribution in [2.75, 3.05) is 25.0 Å². The molecule has 3 rings (SSSR count). The second kappa shape index (κ2) is 10.5. The minimum absolute atomic E-state index is 0. The number of hydrogen-bond donors (Lipinski definition) is 1. The lowest BCUT2D eigenvalue weighted by molar-refractivity contribution is 0.248. The normalized spacial score (nSPS) is 13.4. The zero-order valence-corrected chi connectivity index (χ0v) is 17.1. The molecule has 1 N–H and O–H groups in total. The van der Waals surface area contributed by atoms with E-state index < -0.39 is 0 Å². The van der Waals surface area contributed by atoms with E-state index in [4.69, 9.17) is 11.6 Å². The molecular formula is C20H25Cl2N5. The Bertz CT molecular complexity index is 803. The Kier molecular flexibility index (Phi) is 8.30. The summed E-state index contributed by atoms with van der Waals surface area (Å²) in [7, 11) is 0. The fourth-order valence-corrected chi connectivity index (χ4v) is 3.49. The highest BCUT2D eigenvalue weighted by atomic mass is 35.5. The maximum absolute atomic E-state index is 9.24. The van der Waals surface area contributed by atoms with E-state index in [1.54, 1.807) is 0 Å². The van der Waals surface area contributed by atoms with Crippen molar-refractivity contribution in [2.45, 2.75) is 39.2 Å². The first-order valence-electron chi connectivity index (χ1n) is 9.20. The van der Waals surface area contributed by atoms with Crippen LogP contribution in [0.4, 0.5) is 5.82 Å². The van der Waals surface area contributed by atoms with Crippen LogP contribution in [0.15, 0.2) is 24.3 Å². The van der Waals surface area contributed by atoms with E-state index >= 15 is 0 Å². The monoisotopic (exact) mass is 405 g/mol. The first-order chi connectivity index (χ1) is 12.7. The van der Waals surface area contributed by atoms with E-state index in [-0.39, 0.29) is 18.2 Å². The van der Waals surface area contributed by atoms with E-state index in [0.717, 1.165) is 60.1 Å². The van der Waals surface area contributed by atoms with Crippen LogP contribution in [0, 0.1) is 11.3 Å². The number of unbranched alkanes of at least 4 members (excludes halogenated alkanes) is 1. The molecule has 0 atom stereocenters. The maximum Gasteiger partial charge on any atom is 0.234 e. The third kappa shape index (κ3) is 5.55. The van der Waals surface area contributed by atoms with Crippen LogP contribution in [0.3, 0.4) is 0 Å². The molecule has 0 unspecified atom stereocenters. The summed E-state index contributed by atoms with van der Waals surface area (Å²) < 4.78 is 0. The number of nitrogens with one attached hydrogen (secondary N) is 1. The smallest absolute Gasteiger partial charge is 0.234 e. The van der Waals surface area contributed by atoms with Crippen molar-refractivity contribution in [3.63, 3.8) is 0 Å². The second-order valence-electron chi connectivity index (χ2n) is 6.58. The van der Waals surface area contributed by atoms with Gasteiger partial charge in [0.05, 0.1) is 5.69 Å². The van der Waals surface area contributed by atoms with Crippen molar-refractivity contribution < 1.29 is 0 Å². The topological polar surface area (TPSA) is 64.8 Å². The van der Waals surface area contributed by atoms with Gasteiger partial charge in [0.2, 0.25) is 5.82 Å². The average Bonchev–Trinajstić information content (AvgIpc) is 2.67. The van der Waals surface area contributed by atoms with Gasteiger partial charge in [-0.25, -0.2) is 9.97 Å². The van der Waals surface area contributed by atoms with Crippen LogP contribution in [0.5, 0.6) is 0 Å². The standard InChI is InChI=1S/C20H24ClN5.ClH/c1-2-3-11-26-12-9-18-16(14-26)20(25-19(13-22)24-18)23-10-8-15-6-4-5-7-17(15)21;/h4-7H,2-3,8-12,14H2,1H3,(H,23,24,25);1H. The number of fused-ring (bicyclic) bond motifs is 1. The van der Waals surface area contributed by atoms with Gasteiger partial charge in [-0.15, -0.1) is 12.4 Å². The Balaban J connectivity index is 0.00000261. The van der Waals surface area contributed by atoms with E-state index in [1.165, 1.54) is 12.8 Å². The predicted octanol–water partition coefficient (Wildman–Crippen LogP) is 4.24. The van der Waals surface area contributed by atoms with Gasteiger partial charge < -0.3 is 5.32 Å². The summed E-state index contributed by atoms with van der Waals surface area (Å²) >= 11 is 6.23. The lowest BCUT2D eigenvalue weighted by atomic mass is 10.1. The minimum atomic E-state index is 0. The first kappa shape index (κ1) is 21.4. The molecule has 1 aromatic carbocycles. The van der Waals surface area contributed by atoms with Gasteiger partial charge in [0.1, 0.15) is 11.9 Å². The summed E-state index contributed by atoms with van der Waals surface area (Å²) in [4.78, 5) is 11.3. The summed E-state index contributed by atoms with van der Waals surface area (Å²) in [6.07, 6.45) is 4.06. The molecule has 2 heterocycles. The zero-order valence-electron chi connectivity index (χ0n) is 15.5. The molecule has 144 valence electrons. The molecule has 0 bridgehead atoms. The molecule has 1 aliphatic heterocycles. The van der Waals surface area contributed by atoms with E-state index in [2.05, 4.69) is 33.2 Å². The predicted molar refractivity (Wildman–Crippen MR) is 112 cm³/mol. The van der Waals surface area contributed by atoms with Gasteiger partial charge in [0.25, 0.3) is 0 Å². The highest BCUT2D eigenvalue weighted by molar-refractivity contribution is 6.31. The molecule has 5 nitrogen and oxygen atoms in total. The van der Waals surface area contributed by atoms with Crippen LogP contribution in [-0.4, -0.2) is 34.5 Å². The number of halogens is 2. The van der Waals surface area contributed by atoms with Gasteiger partial charge in [0.15, 0.2) is 0 Å². The van der Waals surface area contributed by atoms with Crippen molar-refractivity contribution in [2.24, 2.45) is 0 Å². The molecule has 0 saturated heterocycles. The number of rotatable bonds is 7. The van der Waals surface area contributed by atoms with Gasteiger partial charge in [-0.05, 0) is 31.0 Å². The fraction of sp³-hybridized carbons (Fsp3) is 0.450. The van der Waals surface area contributed by atoms with Crippen LogP contribution in [0.25, 0.3) is 0 Å². The Morgan fingerprint density at radius 3 is 2.85 bits per heavy atom. The SMILES string of the molecule is CCCCN1CCc2nc(C#N)nc(NCCc3ccccc3Cl)c2C1.Cl. The van der Waals surface area contributed by atoms with Crippen LogP contribution < -0.4 is 5.32 Å². The van der Waals surface area contributed by atoms with Crippen LogP contribution in [0.1, 0.15) is 42.4 Å². The summed E-state index contributed by atoms with van der Waals surface area (Å²) in [6, 6.07) is 9.95. The van der Waals surface area contributed by atoms with Crippen molar-refractivity contribution in [1.29, 1.82) is 5.26 Å². The summed E-state index contributed by atoms with van der Waals surface area (Å²) in [5, 5.41) is 13.4. The highest BCUT2D eigenvalue weighted by Crippen LogP contribution is 2.24. The van der Waals surface area contributed by atoms with E-state index in [0.29, 0.717) is 6.54 Å². The number of anilines is 1. The average molecular weight is 406 g/mol. The number of nitriles is 1. The highest BCUT2D eigenvalue weighted by Gasteiger charge is 2.22. The molecule has 2 aromatic rings. The lowest BCUT2D eigenvalue weighted by Gasteiger charge is -2.29. The molecular weight excluding hydrogens is 381 g/mol. The van der Waals surface area contributed by atoms with E-state index in [9.17, 15) is 5.26 Å². The minimum Gasteiger partial charge on any atom is -0.369 e. The molecule has 0 fully saturated rings. The van der Waals surface area contributed by atoms with Gasteiger partial charge in [-0.1, -0.05) is 43.1 Å². The van der Waals surface area contributed by atoms with Crippen molar-refractivity contribution in [1.82, 2.24) is 14.9 Å². The summed E-state index contributed by atoms with van der Waals surface area (Å²) in [5.74, 6) is 1.03. The quantitative estimate of drug-likeness (QED) is 0.745. The summed E-state index contributed by atoms with van der Waals surface area (Å²) in [5.41, 5.74) is 3.24. The van der Waals surface area contributed by atoms with Crippen LogP contribution in [0.2, 0.25) is 5.02 Å². The fourth-order valence-electron chi connectivity index (χ4n) is 3.26. The molecule has 0 saturated carbocycles. The third-order valence-electron chi connectivity index (χ3n) is 4.71. The molecule has 0 radical (unpaired) electrons. The van der Waals surface area contributed by atoms with Gasteiger partial charge in [0, 0.05) is 36.6 Å². The molecule has 1 aromatic heterocycles. The van der Waals surface area contributed by atoms with Crippen LogP contribution >= 0.6 is 24.0 Å². The first-order valence-corrected chi connectivity index (χ1v) is 9.58. The number of benzene rings is 1. The second-order valence-corrected chi connectivity index (χ2v) is 6.99. The Labute approximate surface area is 172 Å². The molecule has 0 aliphatic carbocycles. The van der Waals surface area contributed by atoms with Crippen molar-refractivity contribution in [3.8, 4) is 6.07 Å². The molecule has 0 amide bonds. The van der Waals surface area contributed by atoms with Crippen LogP contribution in [-0.2, 0) is 19.4 Å². The Morgan fingerprint density at radius 2 is 2.11 bits per heavy atom. The van der Waals surface area contributed by atoms with Gasteiger partial charge in [-0.3, -0.25) is 4.90 Å². The largest absolute Gasteiger partial charge is 0.369 e. The summed E-state index contributed by atoms with van der Waals surface area (Å²) in [6.45, 7) is 5.85. The molecule has 7 heteroatoms. The molecule has 0 spiro atoms. The van der Waals surface area contributed by atoms with Crippen molar-refractivity contribution in [3.05, 3.63) is 51.9 Å². The maximum atomic E-state index is 9.24. The number of hydrogen-bond acceptors (Lipinski definition) is 5. The molecule has 27 heavy (non-hydrogen) atoms. The zero-order chi connectivity index (χ0) is 18.4. The van der Waals surface area contributed by atoms with Crippen molar-refractivity contribution >= 4 is 29.8 Å². The number of aromatic nitrogens is 2. The van der Waals surface area contributed by atoms with Gasteiger partial charge in [-0.2, -0.15) is 5.26 Å². The van der Waals surface area contributed by atoms with E-state index in [1.807, 2.05) is 24.3 Å². The third-order valence-corrected chi connectivity index (χ3v) is 5.08. The number of nitrogens with zero attached hydrogens (tertiary/aromatic N) is 4. The van der Waals surface area contributed by atoms with Gasteiger partial charge >= 0.3 is 0 Å². The Morgan fingerprint density at radius 1 is 1.30 bits per heavy atom. The lowest BCUT2D eigenvalue weighted by Crippen LogP contribution is -2.33. The Hall–Kier alpha value is -1.87. The molecule has 1 aliphatic rings.